The van der Waals surface area contributed by atoms with E-state index in [1.54, 1.807) is 0 Å². The van der Waals surface area contributed by atoms with Crippen molar-refractivity contribution in [3.63, 3.8) is 0 Å². The number of hydrogen-bond acceptors (Lipinski definition) is 3. The molecule has 3 nitrogen and oxygen atoms in total. The van der Waals surface area contributed by atoms with Gasteiger partial charge in [-0.05, 0) is 32.4 Å². The van der Waals surface area contributed by atoms with E-state index in [9.17, 15) is 5.11 Å². The zero-order chi connectivity index (χ0) is 11.4. The third-order valence-corrected chi connectivity index (χ3v) is 3.17. The summed E-state index contributed by atoms with van der Waals surface area (Å²) in [6.07, 6.45) is 2.00. The maximum atomic E-state index is 10.2. The van der Waals surface area contributed by atoms with E-state index in [2.05, 4.69) is 37.6 Å². The van der Waals surface area contributed by atoms with Crippen LogP contribution in [0.25, 0.3) is 0 Å². The topological polar surface area (TPSA) is 26.7 Å². The molecule has 1 heterocycles. The van der Waals surface area contributed by atoms with Gasteiger partial charge in [0.25, 0.3) is 0 Å². The number of aliphatic hydroxyl groups is 1. The highest BCUT2D eigenvalue weighted by atomic mass is 16.3. The van der Waals surface area contributed by atoms with Crippen molar-refractivity contribution in [3.05, 3.63) is 0 Å². The van der Waals surface area contributed by atoms with E-state index in [0.717, 1.165) is 32.5 Å². The van der Waals surface area contributed by atoms with Crippen LogP contribution in [0, 0.1) is 5.92 Å². The van der Waals surface area contributed by atoms with Crippen LogP contribution in [0.3, 0.4) is 0 Å². The fraction of sp³-hybridized carbons (Fsp3) is 1.00. The monoisotopic (exact) mass is 214 g/mol. The first-order valence-electron chi connectivity index (χ1n) is 6.18. The van der Waals surface area contributed by atoms with Crippen LogP contribution in [-0.2, 0) is 0 Å². The van der Waals surface area contributed by atoms with E-state index in [1.807, 2.05) is 0 Å². The van der Waals surface area contributed by atoms with Gasteiger partial charge in [-0.1, -0.05) is 20.8 Å². The van der Waals surface area contributed by atoms with Gasteiger partial charge in [0.05, 0.1) is 6.04 Å². The predicted octanol–water partition coefficient (Wildman–Crippen LogP) is 1.38. The lowest BCUT2D eigenvalue weighted by Crippen LogP contribution is -2.44. The van der Waals surface area contributed by atoms with Crippen molar-refractivity contribution >= 4 is 0 Å². The van der Waals surface area contributed by atoms with E-state index in [1.165, 1.54) is 0 Å². The van der Waals surface area contributed by atoms with E-state index in [0.29, 0.717) is 12.0 Å². The molecule has 90 valence electrons. The van der Waals surface area contributed by atoms with Crippen LogP contribution < -0.4 is 0 Å². The van der Waals surface area contributed by atoms with Gasteiger partial charge < -0.3 is 5.11 Å². The molecule has 1 saturated heterocycles. The van der Waals surface area contributed by atoms with Gasteiger partial charge in [-0.25, -0.2) is 0 Å². The molecule has 1 fully saturated rings. The Kier molecular flexibility index (Phi) is 5.03. The fourth-order valence-corrected chi connectivity index (χ4v) is 2.46. The zero-order valence-corrected chi connectivity index (χ0v) is 10.6. The van der Waals surface area contributed by atoms with Crippen molar-refractivity contribution < 1.29 is 5.11 Å². The quantitative estimate of drug-likeness (QED) is 0.749. The predicted molar refractivity (Wildman–Crippen MR) is 63.7 cm³/mol. The first-order chi connectivity index (χ1) is 7.06. The Morgan fingerprint density at radius 2 is 2.13 bits per heavy atom. The highest BCUT2D eigenvalue weighted by molar-refractivity contribution is 4.86. The molecule has 2 unspecified atom stereocenters. The Bertz CT molecular complexity index is 184. The Hall–Kier alpha value is -0.120. The first kappa shape index (κ1) is 12.9. The Morgan fingerprint density at radius 1 is 1.47 bits per heavy atom. The Balaban J connectivity index is 2.44. The summed E-state index contributed by atoms with van der Waals surface area (Å²) in [6, 6.07) is 0.337. The Labute approximate surface area is 94.1 Å². The summed E-state index contributed by atoms with van der Waals surface area (Å²) in [5.74, 6) is 0.634. The van der Waals surface area contributed by atoms with E-state index < -0.39 is 0 Å². The van der Waals surface area contributed by atoms with Gasteiger partial charge in [-0.15, -0.1) is 0 Å². The summed E-state index contributed by atoms with van der Waals surface area (Å²) in [7, 11) is 2.12. The number of likely N-dealkylation sites (N-methyl/N-ethyl adjacent to an activating group) is 1. The fourth-order valence-electron chi connectivity index (χ4n) is 2.46. The van der Waals surface area contributed by atoms with E-state index >= 15 is 0 Å². The van der Waals surface area contributed by atoms with Crippen LogP contribution in [0.15, 0.2) is 0 Å². The average Bonchev–Trinajstić information content (AvgIpc) is 2.48. The highest BCUT2D eigenvalue weighted by Gasteiger charge is 2.34. The summed E-state index contributed by atoms with van der Waals surface area (Å²) in [5, 5.41) is 10.2. The van der Waals surface area contributed by atoms with Crippen molar-refractivity contribution in [2.75, 3.05) is 26.7 Å². The van der Waals surface area contributed by atoms with Crippen LogP contribution in [-0.4, -0.2) is 53.9 Å². The van der Waals surface area contributed by atoms with Crippen LogP contribution >= 0.6 is 0 Å². The summed E-state index contributed by atoms with van der Waals surface area (Å²) < 4.78 is 0. The molecule has 0 aliphatic carbocycles. The molecule has 1 rings (SSSR count). The summed E-state index contributed by atoms with van der Waals surface area (Å²) in [5.41, 5.74) is 0. The number of rotatable bonds is 5. The van der Waals surface area contributed by atoms with Crippen molar-refractivity contribution in [3.8, 4) is 0 Å². The summed E-state index contributed by atoms with van der Waals surface area (Å²) in [6.45, 7) is 9.72. The van der Waals surface area contributed by atoms with Gasteiger partial charge in [0.2, 0.25) is 0 Å². The normalized spacial score (nSPS) is 28.2. The molecule has 0 aromatic heterocycles. The number of nitrogens with zero attached hydrogens (tertiary/aromatic N) is 2. The van der Waals surface area contributed by atoms with E-state index in [4.69, 9.17) is 0 Å². The molecule has 1 N–H and O–H groups in total. The molecule has 0 amide bonds. The minimum atomic E-state index is -0.260. The maximum Gasteiger partial charge on any atom is 0.123 e. The minimum Gasteiger partial charge on any atom is -0.377 e. The average molecular weight is 214 g/mol. The van der Waals surface area contributed by atoms with Gasteiger partial charge in [0.15, 0.2) is 0 Å². The van der Waals surface area contributed by atoms with Gasteiger partial charge in [0.1, 0.15) is 6.23 Å². The SMILES string of the molecule is CCCN(C)C1CCN(CC(C)C)C1O. The largest absolute Gasteiger partial charge is 0.377 e. The number of likely N-dealkylation sites (tertiary alicyclic amines) is 1. The molecule has 0 spiro atoms. The van der Waals surface area contributed by atoms with Gasteiger partial charge >= 0.3 is 0 Å². The zero-order valence-electron chi connectivity index (χ0n) is 10.6. The molecule has 2 atom stereocenters. The number of hydrogen-bond donors (Lipinski definition) is 1. The molecule has 3 heteroatoms. The minimum absolute atomic E-state index is 0.260. The summed E-state index contributed by atoms with van der Waals surface area (Å²) >= 11 is 0. The standard InChI is InChI=1S/C12H26N2O/c1-5-7-13(4)11-6-8-14(12(11)15)9-10(2)3/h10-12,15H,5-9H2,1-4H3. The molecule has 0 bridgehead atoms. The van der Waals surface area contributed by atoms with Gasteiger partial charge in [-0.2, -0.15) is 0 Å². The van der Waals surface area contributed by atoms with Gasteiger partial charge in [0, 0.05) is 13.1 Å². The third kappa shape index (κ3) is 3.44. The van der Waals surface area contributed by atoms with Crippen molar-refractivity contribution in [1.29, 1.82) is 0 Å². The van der Waals surface area contributed by atoms with Crippen molar-refractivity contribution in [1.82, 2.24) is 9.80 Å². The molecule has 0 aromatic carbocycles. The van der Waals surface area contributed by atoms with Crippen molar-refractivity contribution in [2.24, 2.45) is 5.92 Å². The summed E-state index contributed by atoms with van der Waals surface area (Å²) in [4.78, 5) is 4.51. The van der Waals surface area contributed by atoms with Gasteiger partial charge in [-0.3, -0.25) is 9.80 Å². The molecular weight excluding hydrogens is 188 g/mol. The maximum absolute atomic E-state index is 10.2. The third-order valence-electron chi connectivity index (χ3n) is 3.17. The molecule has 0 radical (unpaired) electrons. The van der Waals surface area contributed by atoms with Crippen LogP contribution in [0.1, 0.15) is 33.6 Å². The van der Waals surface area contributed by atoms with Crippen LogP contribution in [0.2, 0.25) is 0 Å². The van der Waals surface area contributed by atoms with E-state index in [-0.39, 0.29) is 6.23 Å². The lowest BCUT2D eigenvalue weighted by molar-refractivity contribution is -0.0141. The Morgan fingerprint density at radius 3 is 2.67 bits per heavy atom. The second-order valence-electron chi connectivity index (χ2n) is 5.14. The van der Waals surface area contributed by atoms with Crippen molar-refractivity contribution in [2.45, 2.75) is 45.9 Å². The lowest BCUT2D eigenvalue weighted by atomic mass is 10.2. The van der Waals surface area contributed by atoms with Crippen LogP contribution in [0.4, 0.5) is 0 Å². The van der Waals surface area contributed by atoms with Crippen LogP contribution in [0.5, 0.6) is 0 Å². The lowest BCUT2D eigenvalue weighted by Gasteiger charge is -2.30. The smallest absolute Gasteiger partial charge is 0.123 e. The second-order valence-corrected chi connectivity index (χ2v) is 5.14. The molecule has 1 aliphatic heterocycles. The first-order valence-corrected chi connectivity index (χ1v) is 6.18. The molecule has 1 aliphatic rings. The molecule has 0 aromatic rings. The number of aliphatic hydroxyl groups excluding tert-OH is 1. The second kappa shape index (κ2) is 5.83. The molecular formula is C12H26N2O. The molecule has 15 heavy (non-hydrogen) atoms. The molecule has 0 saturated carbocycles. The highest BCUT2D eigenvalue weighted by Crippen LogP contribution is 2.21.